The molecule has 68 valence electrons. The maximum Gasteiger partial charge on any atom is 0.304 e. The fourth-order valence-corrected chi connectivity index (χ4v) is 0.338. The summed E-state index contributed by atoms with van der Waals surface area (Å²) in [7, 11) is 3.56. The van der Waals surface area contributed by atoms with Crippen LogP contribution in [0.15, 0.2) is 0 Å². The van der Waals surface area contributed by atoms with E-state index in [1.165, 1.54) is 0 Å². The van der Waals surface area contributed by atoms with Crippen LogP contribution in [-0.2, 0) is 0 Å². The van der Waals surface area contributed by atoms with Crippen molar-refractivity contribution < 1.29 is 4.92 Å². The Labute approximate surface area is 82.4 Å². The zero-order chi connectivity index (χ0) is 10.8. The van der Waals surface area contributed by atoms with Crippen molar-refractivity contribution in [3.63, 3.8) is 0 Å². The Bertz CT molecular complexity index is 447. The molecule has 0 aliphatic heterocycles. The van der Waals surface area contributed by atoms with Gasteiger partial charge in [0.2, 0.25) is 0 Å². The second kappa shape index (κ2) is 7.11. The summed E-state index contributed by atoms with van der Waals surface area (Å²) in [5.74, 6) is 13.8. The van der Waals surface area contributed by atoms with Crippen LogP contribution in [0.25, 0.3) is 0 Å². The summed E-state index contributed by atoms with van der Waals surface area (Å²) in [5.41, 5.74) is 0. The van der Waals surface area contributed by atoms with Crippen molar-refractivity contribution in [3.8, 4) is 47.6 Å². The minimum atomic E-state index is -0.770. The van der Waals surface area contributed by atoms with E-state index in [4.69, 9.17) is 0 Å². The average Bonchev–Trinajstić information content (AvgIpc) is 2.08. The summed E-state index contributed by atoms with van der Waals surface area (Å²) < 4.78 is 0. The van der Waals surface area contributed by atoms with Crippen LogP contribution in [0.2, 0.25) is 0 Å². The van der Waals surface area contributed by atoms with Crippen molar-refractivity contribution in [2.75, 3.05) is 14.1 Å². The molecule has 0 spiro atoms. The highest BCUT2D eigenvalue weighted by atomic mass is 16.6. The zero-order valence-corrected chi connectivity index (χ0v) is 7.71. The van der Waals surface area contributed by atoms with Crippen molar-refractivity contribution in [1.82, 2.24) is 4.90 Å². The third-order valence-electron chi connectivity index (χ3n) is 0.739. The topological polar surface area (TPSA) is 46.4 Å². The third kappa shape index (κ3) is 9.44. The van der Waals surface area contributed by atoms with Gasteiger partial charge in [0, 0.05) is 49.7 Å². The van der Waals surface area contributed by atoms with Crippen LogP contribution in [-0.4, -0.2) is 23.9 Å². The molecular weight excluding hydrogens is 180 g/mol. The molecule has 0 aliphatic carbocycles. The van der Waals surface area contributed by atoms with Crippen LogP contribution >= 0.6 is 0 Å². The van der Waals surface area contributed by atoms with E-state index >= 15 is 0 Å². The fourth-order valence-electron chi connectivity index (χ4n) is 0.338. The van der Waals surface area contributed by atoms with E-state index < -0.39 is 4.92 Å². The second-order valence-corrected chi connectivity index (χ2v) is 2.13. The summed E-state index contributed by atoms with van der Waals surface area (Å²) in [4.78, 5) is 10.6. The lowest BCUT2D eigenvalue weighted by molar-refractivity contribution is -0.379. The van der Waals surface area contributed by atoms with Gasteiger partial charge < -0.3 is 4.90 Å². The maximum atomic E-state index is 9.71. The normalized spacial score (nSPS) is 5.57. The molecule has 4 heteroatoms. The molecule has 0 saturated carbocycles. The molecule has 4 nitrogen and oxygen atoms in total. The molecule has 0 rings (SSSR count). The van der Waals surface area contributed by atoms with Gasteiger partial charge in [-0.3, -0.25) is 0 Å². The monoisotopic (exact) mass is 186 g/mol. The minimum Gasteiger partial charge on any atom is -0.338 e. The standard InChI is InChI=1S/C10H6N2O2/c1-11(2)9-7-5-3-4-6-8-10-12(13)14/h1-2H3. The van der Waals surface area contributed by atoms with Gasteiger partial charge in [0.25, 0.3) is 0 Å². The first kappa shape index (κ1) is 11.4. The molecule has 0 bridgehead atoms. The van der Waals surface area contributed by atoms with Crippen molar-refractivity contribution in [2.45, 2.75) is 0 Å². The molecule has 14 heavy (non-hydrogen) atoms. The summed E-state index contributed by atoms with van der Waals surface area (Å²) >= 11 is 0. The predicted octanol–water partition coefficient (Wildman–Crippen LogP) is -0.247. The van der Waals surface area contributed by atoms with E-state index in [0.717, 1.165) is 0 Å². The van der Waals surface area contributed by atoms with Gasteiger partial charge in [-0.2, -0.15) is 0 Å². The lowest BCUT2D eigenvalue weighted by atomic mass is 10.5. The highest BCUT2D eigenvalue weighted by Gasteiger charge is 1.76. The molecule has 0 saturated heterocycles. The number of nitro groups is 1. The maximum absolute atomic E-state index is 9.71. The van der Waals surface area contributed by atoms with Crippen molar-refractivity contribution in [2.24, 2.45) is 0 Å². The Kier molecular flexibility index (Phi) is 5.81. The van der Waals surface area contributed by atoms with E-state index in [0.29, 0.717) is 0 Å². The molecule has 0 aromatic carbocycles. The summed E-state index contributed by atoms with van der Waals surface area (Å²) in [5, 5.41) is 9.71. The second-order valence-electron chi connectivity index (χ2n) is 2.13. The van der Waals surface area contributed by atoms with Gasteiger partial charge in [0.15, 0.2) is 0 Å². The third-order valence-corrected chi connectivity index (χ3v) is 0.739. The molecule has 0 fully saturated rings. The molecule has 0 heterocycles. The van der Waals surface area contributed by atoms with Crippen LogP contribution in [0.5, 0.6) is 0 Å². The smallest absolute Gasteiger partial charge is 0.304 e. The Morgan fingerprint density at radius 3 is 2.00 bits per heavy atom. The van der Waals surface area contributed by atoms with Crippen LogP contribution < -0.4 is 0 Å². The number of rotatable bonds is 0. The summed E-state index contributed by atoms with van der Waals surface area (Å²) in [6, 6.07) is 4.29. The van der Waals surface area contributed by atoms with Gasteiger partial charge in [-0.05, 0) is 0 Å². The van der Waals surface area contributed by atoms with Gasteiger partial charge in [0.1, 0.15) is 4.92 Å². The van der Waals surface area contributed by atoms with E-state index in [1.54, 1.807) is 25.0 Å². The quantitative estimate of drug-likeness (QED) is 0.227. The van der Waals surface area contributed by atoms with E-state index in [2.05, 4.69) is 35.6 Å². The van der Waals surface area contributed by atoms with Gasteiger partial charge >= 0.3 is 6.04 Å². The molecule has 0 amide bonds. The molecule has 0 atom stereocenters. The average molecular weight is 186 g/mol. The number of nitrogens with zero attached hydrogens (tertiary/aromatic N) is 2. The SMILES string of the molecule is CN(C)C#CC#CC#CC#C[N+](=O)[O-]. The first-order chi connectivity index (χ1) is 6.63. The molecule has 0 aromatic rings. The van der Waals surface area contributed by atoms with Gasteiger partial charge in [-0.25, -0.2) is 10.1 Å². The van der Waals surface area contributed by atoms with E-state index in [9.17, 15) is 10.1 Å². The van der Waals surface area contributed by atoms with Gasteiger partial charge in [0.05, 0.1) is 5.92 Å². The Morgan fingerprint density at radius 1 is 1.00 bits per heavy atom. The molecule has 0 aliphatic rings. The molecule has 0 unspecified atom stereocenters. The largest absolute Gasteiger partial charge is 0.338 e. The van der Waals surface area contributed by atoms with Crippen LogP contribution in [0.4, 0.5) is 0 Å². The van der Waals surface area contributed by atoms with Crippen molar-refractivity contribution >= 4 is 0 Å². The minimum absolute atomic E-state index is 0.770. The van der Waals surface area contributed by atoms with Crippen LogP contribution in [0, 0.1) is 57.7 Å². The van der Waals surface area contributed by atoms with Gasteiger partial charge in [-0.1, -0.05) is 0 Å². The first-order valence-corrected chi connectivity index (χ1v) is 3.46. The van der Waals surface area contributed by atoms with Gasteiger partial charge in [-0.15, -0.1) is 0 Å². The fraction of sp³-hybridized carbons (Fsp3) is 0.200. The van der Waals surface area contributed by atoms with Crippen LogP contribution in [0.1, 0.15) is 0 Å². The van der Waals surface area contributed by atoms with Crippen molar-refractivity contribution in [3.05, 3.63) is 10.1 Å². The zero-order valence-electron chi connectivity index (χ0n) is 7.71. The summed E-state index contributed by atoms with van der Waals surface area (Å²) in [6.45, 7) is 0. The highest BCUT2D eigenvalue weighted by molar-refractivity contribution is 5.39. The van der Waals surface area contributed by atoms with Crippen LogP contribution in [0.3, 0.4) is 0 Å². The predicted molar refractivity (Wildman–Crippen MR) is 51.8 cm³/mol. The highest BCUT2D eigenvalue weighted by Crippen LogP contribution is 1.63. The lowest BCUT2D eigenvalue weighted by Gasteiger charge is -1.94. The number of hydrogen-bond donors (Lipinski definition) is 0. The molecule has 0 aromatic heterocycles. The number of hydrogen-bond acceptors (Lipinski definition) is 3. The molecule has 0 radical (unpaired) electrons. The van der Waals surface area contributed by atoms with E-state index in [1.807, 2.05) is 5.92 Å². The Morgan fingerprint density at radius 2 is 1.50 bits per heavy atom. The van der Waals surface area contributed by atoms with E-state index in [-0.39, 0.29) is 0 Å². The molecular formula is C10H6N2O2. The summed E-state index contributed by atoms with van der Waals surface area (Å²) in [6.07, 6.45) is 0. The Balaban J connectivity index is 4.15. The first-order valence-electron chi connectivity index (χ1n) is 3.46. The lowest BCUT2D eigenvalue weighted by Crippen LogP contribution is -2.00. The van der Waals surface area contributed by atoms with Crippen molar-refractivity contribution in [1.29, 1.82) is 0 Å². The molecule has 0 N–H and O–H groups in total. The Hall–Kier alpha value is -2.56.